The van der Waals surface area contributed by atoms with Crippen LogP contribution in [-0.4, -0.2) is 30.6 Å². The second-order valence-corrected chi connectivity index (χ2v) is 4.11. The molecular weight excluding hydrogens is 228 g/mol. The third-order valence-corrected chi connectivity index (χ3v) is 3.08. The Bertz CT molecular complexity index is 397. The summed E-state index contributed by atoms with van der Waals surface area (Å²) in [4.78, 5) is 17.5. The molecule has 86 valence electrons. The van der Waals surface area contributed by atoms with E-state index in [1.807, 2.05) is 11.0 Å². The number of esters is 1. The lowest BCUT2D eigenvalue weighted by Gasteiger charge is -2.25. The molecule has 0 N–H and O–H groups in total. The Morgan fingerprint density at radius 3 is 3.19 bits per heavy atom. The van der Waals surface area contributed by atoms with E-state index in [2.05, 4.69) is 4.98 Å². The lowest BCUT2D eigenvalue weighted by molar-refractivity contribution is -0.141. The molecule has 0 aliphatic carbocycles. The summed E-state index contributed by atoms with van der Waals surface area (Å²) in [5.74, 6) is -0.203. The predicted octanol–water partition coefficient (Wildman–Crippen LogP) is 1.88. The van der Waals surface area contributed by atoms with Crippen LogP contribution in [-0.2, 0) is 9.53 Å². The van der Waals surface area contributed by atoms with Crippen molar-refractivity contribution in [3.8, 4) is 0 Å². The number of nitrogens with zero attached hydrogens (tertiary/aromatic N) is 2. The van der Waals surface area contributed by atoms with Gasteiger partial charge in [-0.25, -0.2) is 4.79 Å². The van der Waals surface area contributed by atoms with Gasteiger partial charge in [0.05, 0.1) is 17.8 Å². The Labute approximate surface area is 99.2 Å². The van der Waals surface area contributed by atoms with Gasteiger partial charge >= 0.3 is 5.97 Å². The number of hydrogen-bond acceptors (Lipinski definition) is 4. The van der Waals surface area contributed by atoms with Gasteiger partial charge < -0.3 is 9.64 Å². The molecule has 1 unspecified atom stereocenters. The van der Waals surface area contributed by atoms with E-state index in [1.54, 1.807) is 12.4 Å². The fourth-order valence-corrected chi connectivity index (χ4v) is 2.26. The molecule has 1 atom stereocenters. The molecule has 0 amide bonds. The molecule has 1 aromatic rings. The maximum absolute atomic E-state index is 11.6. The average molecular weight is 241 g/mol. The van der Waals surface area contributed by atoms with Crippen LogP contribution in [0.2, 0.25) is 5.02 Å². The summed E-state index contributed by atoms with van der Waals surface area (Å²) in [6.45, 7) is 0.823. The summed E-state index contributed by atoms with van der Waals surface area (Å²) in [6.07, 6.45) is 5.04. The first-order valence-corrected chi connectivity index (χ1v) is 5.56. The second-order valence-electron chi connectivity index (χ2n) is 3.70. The molecule has 4 nitrogen and oxygen atoms in total. The molecule has 1 aliphatic heterocycles. The highest BCUT2D eigenvalue weighted by Crippen LogP contribution is 2.31. The van der Waals surface area contributed by atoms with Gasteiger partial charge in [0.25, 0.3) is 0 Å². The minimum atomic E-state index is -0.218. The van der Waals surface area contributed by atoms with Crippen molar-refractivity contribution in [1.82, 2.24) is 4.98 Å². The van der Waals surface area contributed by atoms with E-state index in [0.29, 0.717) is 5.02 Å². The number of methoxy groups -OCH3 is 1. The summed E-state index contributed by atoms with van der Waals surface area (Å²) in [5.41, 5.74) is 0.851. The topological polar surface area (TPSA) is 42.4 Å². The minimum Gasteiger partial charge on any atom is -0.467 e. The summed E-state index contributed by atoms with van der Waals surface area (Å²) >= 11 is 6.06. The summed E-state index contributed by atoms with van der Waals surface area (Å²) in [7, 11) is 1.41. The molecule has 1 aliphatic rings. The first-order valence-electron chi connectivity index (χ1n) is 5.18. The van der Waals surface area contributed by atoms with Gasteiger partial charge in [0, 0.05) is 18.9 Å². The van der Waals surface area contributed by atoms with E-state index in [9.17, 15) is 4.79 Å². The van der Waals surface area contributed by atoms with Crippen LogP contribution in [0.1, 0.15) is 12.8 Å². The Morgan fingerprint density at radius 1 is 1.69 bits per heavy atom. The zero-order valence-electron chi connectivity index (χ0n) is 9.02. The largest absolute Gasteiger partial charge is 0.467 e. The summed E-state index contributed by atoms with van der Waals surface area (Å²) in [6, 6.07) is 1.61. The minimum absolute atomic E-state index is 0.203. The van der Waals surface area contributed by atoms with Gasteiger partial charge in [-0.3, -0.25) is 4.98 Å². The summed E-state index contributed by atoms with van der Waals surface area (Å²) in [5, 5.41) is 0.568. The van der Waals surface area contributed by atoms with Gasteiger partial charge in [0.2, 0.25) is 0 Å². The van der Waals surface area contributed by atoms with Crippen LogP contribution in [0.4, 0.5) is 5.69 Å². The fraction of sp³-hybridized carbons (Fsp3) is 0.455. The number of rotatable bonds is 2. The van der Waals surface area contributed by atoms with E-state index in [1.165, 1.54) is 7.11 Å². The highest BCUT2D eigenvalue weighted by atomic mass is 35.5. The van der Waals surface area contributed by atoms with Crippen molar-refractivity contribution in [2.24, 2.45) is 0 Å². The van der Waals surface area contributed by atoms with Crippen molar-refractivity contribution in [3.63, 3.8) is 0 Å². The Balaban J connectivity index is 2.27. The van der Waals surface area contributed by atoms with Crippen molar-refractivity contribution in [2.75, 3.05) is 18.6 Å². The van der Waals surface area contributed by atoms with Crippen LogP contribution in [0.25, 0.3) is 0 Å². The number of hydrogen-bond donors (Lipinski definition) is 0. The van der Waals surface area contributed by atoms with Gasteiger partial charge in [0.15, 0.2) is 0 Å². The van der Waals surface area contributed by atoms with Crippen LogP contribution < -0.4 is 4.90 Å². The molecule has 0 spiro atoms. The van der Waals surface area contributed by atoms with Gasteiger partial charge in [-0.1, -0.05) is 11.6 Å². The van der Waals surface area contributed by atoms with E-state index in [4.69, 9.17) is 16.3 Å². The number of anilines is 1. The first-order chi connectivity index (χ1) is 7.74. The lowest BCUT2D eigenvalue weighted by Crippen LogP contribution is -2.37. The second kappa shape index (κ2) is 4.70. The summed E-state index contributed by atoms with van der Waals surface area (Å²) < 4.78 is 4.79. The van der Waals surface area contributed by atoms with Crippen LogP contribution in [0, 0.1) is 0 Å². The van der Waals surface area contributed by atoms with Crippen molar-refractivity contribution in [2.45, 2.75) is 18.9 Å². The molecular formula is C11H13ClN2O2. The zero-order chi connectivity index (χ0) is 11.5. The van der Waals surface area contributed by atoms with E-state index in [0.717, 1.165) is 25.1 Å². The van der Waals surface area contributed by atoms with Crippen LogP contribution in [0.5, 0.6) is 0 Å². The number of aromatic nitrogens is 1. The standard InChI is InChI=1S/C11H13ClN2O2/c1-16-11(15)10-3-2-6-14(10)9-4-5-13-7-8(9)12/h4-5,7,10H,2-3,6H2,1H3. The van der Waals surface area contributed by atoms with Crippen molar-refractivity contribution in [1.29, 1.82) is 0 Å². The van der Waals surface area contributed by atoms with E-state index < -0.39 is 0 Å². The maximum atomic E-state index is 11.6. The third kappa shape index (κ3) is 1.97. The van der Waals surface area contributed by atoms with Gasteiger partial charge in [0.1, 0.15) is 6.04 Å². The molecule has 1 aromatic heterocycles. The maximum Gasteiger partial charge on any atom is 0.328 e. The molecule has 16 heavy (non-hydrogen) atoms. The molecule has 0 bridgehead atoms. The average Bonchev–Trinajstić information content (AvgIpc) is 2.77. The highest BCUT2D eigenvalue weighted by Gasteiger charge is 2.32. The van der Waals surface area contributed by atoms with Crippen LogP contribution in [0.15, 0.2) is 18.5 Å². The predicted molar refractivity (Wildman–Crippen MR) is 61.6 cm³/mol. The lowest BCUT2D eigenvalue weighted by atomic mass is 10.2. The van der Waals surface area contributed by atoms with Gasteiger partial charge in [-0.2, -0.15) is 0 Å². The smallest absolute Gasteiger partial charge is 0.328 e. The van der Waals surface area contributed by atoms with Crippen molar-refractivity contribution in [3.05, 3.63) is 23.5 Å². The van der Waals surface area contributed by atoms with Gasteiger partial charge in [-0.15, -0.1) is 0 Å². The third-order valence-electron chi connectivity index (χ3n) is 2.79. The van der Waals surface area contributed by atoms with Crippen molar-refractivity contribution < 1.29 is 9.53 Å². The normalized spacial score (nSPS) is 19.9. The molecule has 1 saturated heterocycles. The van der Waals surface area contributed by atoms with Crippen LogP contribution in [0.3, 0.4) is 0 Å². The number of pyridine rings is 1. The SMILES string of the molecule is COC(=O)C1CCCN1c1ccncc1Cl. The number of carbonyl (C=O) groups is 1. The first kappa shape index (κ1) is 11.2. The molecule has 0 radical (unpaired) electrons. The number of carbonyl (C=O) groups excluding carboxylic acids is 1. The van der Waals surface area contributed by atoms with E-state index in [-0.39, 0.29) is 12.0 Å². The monoisotopic (exact) mass is 240 g/mol. The quantitative estimate of drug-likeness (QED) is 0.741. The fourth-order valence-electron chi connectivity index (χ4n) is 2.04. The van der Waals surface area contributed by atoms with Gasteiger partial charge in [-0.05, 0) is 18.9 Å². The van der Waals surface area contributed by atoms with Crippen molar-refractivity contribution >= 4 is 23.3 Å². The Hall–Kier alpha value is -1.29. The molecule has 2 rings (SSSR count). The molecule has 1 fully saturated rings. The van der Waals surface area contributed by atoms with Crippen LogP contribution >= 0.6 is 11.6 Å². The Morgan fingerprint density at radius 2 is 2.50 bits per heavy atom. The highest BCUT2D eigenvalue weighted by molar-refractivity contribution is 6.33. The molecule has 0 aromatic carbocycles. The molecule has 0 saturated carbocycles. The number of ether oxygens (including phenoxy) is 1. The Kier molecular flexibility index (Phi) is 3.29. The number of halogens is 1. The van der Waals surface area contributed by atoms with E-state index >= 15 is 0 Å². The zero-order valence-corrected chi connectivity index (χ0v) is 9.78. The molecule has 2 heterocycles. The molecule has 5 heteroatoms.